The predicted molar refractivity (Wildman–Crippen MR) is 134 cm³/mol. The van der Waals surface area contributed by atoms with E-state index in [1.807, 2.05) is 43.3 Å². The Morgan fingerprint density at radius 1 is 0.971 bits per heavy atom. The molecule has 0 fully saturated rings. The van der Waals surface area contributed by atoms with Crippen LogP contribution in [0.3, 0.4) is 0 Å². The van der Waals surface area contributed by atoms with Crippen LogP contribution in [-0.2, 0) is 21.4 Å². The van der Waals surface area contributed by atoms with Crippen molar-refractivity contribution in [3.63, 3.8) is 0 Å². The molecule has 2 atom stereocenters. The number of hydrogen-bond acceptors (Lipinski definition) is 6. The average Bonchev–Trinajstić information content (AvgIpc) is 2.86. The summed E-state index contributed by atoms with van der Waals surface area (Å²) in [5, 5.41) is 2.91. The first-order chi connectivity index (χ1) is 16.7. The van der Waals surface area contributed by atoms with Crippen molar-refractivity contribution in [3.8, 4) is 11.5 Å². The van der Waals surface area contributed by atoms with Gasteiger partial charge in [-0.1, -0.05) is 32.0 Å². The smallest absolute Gasteiger partial charge is 0.241 e. The lowest BCUT2D eigenvalue weighted by molar-refractivity contribution is -0.124. The molecule has 0 aliphatic heterocycles. The Labute approximate surface area is 206 Å². The molecule has 0 saturated heterocycles. The molecule has 3 rings (SSSR count). The summed E-state index contributed by atoms with van der Waals surface area (Å²) < 4.78 is 39.1. The van der Waals surface area contributed by atoms with Crippen molar-refractivity contribution >= 4 is 15.9 Å². The minimum absolute atomic E-state index is 0.0617. The molecule has 0 aliphatic rings. The minimum Gasteiger partial charge on any atom is -0.497 e. The molecule has 186 valence electrons. The molecule has 35 heavy (non-hydrogen) atoms. The van der Waals surface area contributed by atoms with Crippen LogP contribution < -0.4 is 19.5 Å². The molecule has 0 saturated carbocycles. The van der Waals surface area contributed by atoms with E-state index in [9.17, 15) is 13.2 Å². The van der Waals surface area contributed by atoms with Crippen LogP contribution in [0.1, 0.15) is 37.9 Å². The highest BCUT2D eigenvalue weighted by atomic mass is 32.2. The first kappa shape index (κ1) is 26.2. The van der Waals surface area contributed by atoms with E-state index < -0.39 is 22.0 Å². The number of amides is 1. The van der Waals surface area contributed by atoms with Crippen LogP contribution >= 0.6 is 0 Å². The summed E-state index contributed by atoms with van der Waals surface area (Å²) in [6, 6.07) is 15.9. The third-order valence-corrected chi connectivity index (χ3v) is 6.93. The van der Waals surface area contributed by atoms with E-state index in [1.54, 1.807) is 38.4 Å². The van der Waals surface area contributed by atoms with E-state index in [2.05, 4.69) is 15.0 Å². The molecule has 1 heterocycles. The maximum Gasteiger partial charge on any atom is 0.241 e. The Kier molecular flexibility index (Phi) is 8.84. The summed E-state index contributed by atoms with van der Waals surface area (Å²) in [6.45, 7) is 5.84. The Bertz CT molecular complexity index is 1200. The van der Waals surface area contributed by atoms with E-state index in [4.69, 9.17) is 9.47 Å². The quantitative estimate of drug-likeness (QED) is 0.417. The van der Waals surface area contributed by atoms with Gasteiger partial charge in [-0.3, -0.25) is 9.78 Å². The van der Waals surface area contributed by atoms with Gasteiger partial charge in [-0.25, -0.2) is 8.42 Å². The van der Waals surface area contributed by atoms with Gasteiger partial charge in [0.1, 0.15) is 24.1 Å². The van der Waals surface area contributed by atoms with Crippen molar-refractivity contribution in [1.29, 1.82) is 0 Å². The average molecular weight is 498 g/mol. The van der Waals surface area contributed by atoms with Crippen molar-refractivity contribution in [2.75, 3.05) is 7.11 Å². The molecule has 0 bridgehead atoms. The fraction of sp³-hybridized carbons (Fsp3) is 0.308. The predicted octanol–water partition coefficient (Wildman–Crippen LogP) is 3.85. The van der Waals surface area contributed by atoms with Crippen LogP contribution in [0.25, 0.3) is 0 Å². The SMILES string of the molecule is COc1ccc(S(=O)(=O)N[C@H](C(=O)NC(C)c2ccc(OCc3cccnc3)cc2)C(C)C)cc1. The maximum absolute atomic E-state index is 13.0. The van der Waals surface area contributed by atoms with Gasteiger partial charge in [-0.05, 0) is 60.9 Å². The third-order valence-electron chi connectivity index (χ3n) is 5.47. The van der Waals surface area contributed by atoms with E-state index in [0.717, 1.165) is 11.1 Å². The molecule has 2 N–H and O–H groups in total. The number of sulfonamides is 1. The first-order valence-corrected chi connectivity index (χ1v) is 12.8. The molecular formula is C26H31N3O5S. The van der Waals surface area contributed by atoms with Gasteiger partial charge in [0.2, 0.25) is 15.9 Å². The van der Waals surface area contributed by atoms with Crippen molar-refractivity contribution in [3.05, 3.63) is 84.2 Å². The number of rotatable bonds is 11. The molecule has 1 amide bonds. The Hall–Kier alpha value is -3.43. The second-order valence-corrected chi connectivity index (χ2v) is 10.2. The van der Waals surface area contributed by atoms with Crippen LogP contribution in [0.2, 0.25) is 0 Å². The molecule has 1 unspecified atom stereocenters. The largest absolute Gasteiger partial charge is 0.497 e. The molecule has 9 heteroatoms. The van der Waals surface area contributed by atoms with E-state index in [1.165, 1.54) is 19.2 Å². The van der Waals surface area contributed by atoms with Gasteiger partial charge in [0, 0.05) is 18.0 Å². The number of ether oxygens (including phenoxy) is 2. The highest BCUT2D eigenvalue weighted by Gasteiger charge is 2.29. The zero-order chi connectivity index (χ0) is 25.4. The van der Waals surface area contributed by atoms with Gasteiger partial charge in [-0.2, -0.15) is 4.72 Å². The summed E-state index contributed by atoms with van der Waals surface area (Å²) in [4.78, 5) is 17.1. The fourth-order valence-electron chi connectivity index (χ4n) is 3.37. The number of methoxy groups -OCH3 is 1. The van der Waals surface area contributed by atoms with E-state index in [0.29, 0.717) is 18.1 Å². The van der Waals surface area contributed by atoms with Gasteiger partial charge >= 0.3 is 0 Å². The summed E-state index contributed by atoms with van der Waals surface area (Å²) in [7, 11) is -2.39. The molecule has 2 aromatic carbocycles. The number of benzene rings is 2. The molecule has 0 spiro atoms. The highest BCUT2D eigenvalue weighted by Crippen LogP contribution is 2.20. The Morgan fingerprint density at radius 2 is 1.63 bits per heavy atom. The number of hydrogen-bond donors (Lipinski definition) is 2. The molecule has 0 aliphatic carbocycles. The van der Waals surface area contributed by atoms with Crippen LogP contribution in [0, 0.1) is 5.92 Å². The zero-order valence-electron chi connectivity index (χ0n) is 20.3. The van der Waals surface area contributed by atoms with Crippen LogP contribution in [0.5, 0.6) is 11.5 Å². The Morgan fingerprint density at radius 3 is 2.20 bits per heavy atom. The lowest BCUT2D eigenvalue weighted by atomic mass is 10.0. The minimum atomic E-state index is -3.90. The molecule has 3 aromatic rings. The van der Waals surface area contributed by atoms with Gasteiger partial charge in [0.05, 0.1) is 18.0 Å². The second-order valence-electron chi connectivity index (χ2n) is 8.47. The molecule has 8 nitrogen and oxygen atoms in total. The van der Waals surface area contributed by atoms with Gasteiger partial charge in [0.25, 0.3) is 0 Å². The molecule has 0 radical (unpaired) electrons. The lowest BCUT2D eigenvalue weighted by Gasteiger charge is -2.24. The van der Waals surface area contributed by atoms with Crippen molar-refractivity contribution in [1.82, 2.24) is 15.0 Å². The molecular weight excluding hydrogens is 466 g/mol. The summed E-state index contributed by atoms with van der Waals surface area (Å²) in [6.07, 6.45) is 3.46. The number of aromatic nitrogens is 1. The number of nitrogens with zero attached hydrogens (tertiary/aromatic N) is 1. The van der Waals surface area contributed by atoms with Gasteiger partial charge in [0.15, 0.2) is 0 Å². The maximum atomic E-state index is 13.0. The topological polar surface area (TPSA) is 107 Å². The number of carbonyl (C=O) groups excluding carboxylic acids is 1. The molecule has 1 aromatic heterocycles. The highest BCUT2D eigenvalue weighted by molar-refractivity contribution is 7.89. The standard InChI is InChI=1S/C26H31N3O5S/c1-18(2)25(29-35(31,32)24-13-11-22(33-4)12-14-24)26(30)28-19(3)21-7-9-23(10-8-21)34-17-20-6-5-15-27-16-20/h5-16,18-19,25,29H,17H2,1-4H3,(H,28,30)/t19?,25-/m0/s1. The van der Waals surface area contributed by atoms with Gasteiger partial charge < -0.3 is 14.8 Å². The van der Waals surface area contributed by atoms with Gasteiger partial charge in [-0.15, -0.1) is 0 Å². The zero-order valence-corrected chi connectivity index (χ0v) is 21.1. The summed E-state index contributed by atoms with van der Waals surface area (Å²) >= 11 is 0. The first-order valence-electron chi connectivity index (χ1n) is 11.3. The number of pyridine rings is 1. The lowest BCUT2D eigenvalue weighted by Crippen LogP contribution is -2.50. The third kappa shape index (κ3) is 7.27. The van der Waals surface area contributed by atoms with Crippen molar-refractivity contribution in [2.24, 2.45) is 5.92 Å². The van der Waals surface area contributed by atoms with E-state index >= 15 is 0 Å². The number of nitrogens with one attached hydrogen (secondary N) is 2. The fourth-order valence-corrected chi connectivity index (χ4v) is 4.72. The summed E-state index contributed by atoms with van der Waals surface area (Å²) in [5.41, 5.74) is 1.83. The van der Waals surface area contributed by atoms with E-state index in [-0.39, 0.29) is 16.9 Å². The van der Waals surface area contributed by atoms with Crippen molar-refractivity contribution in [2.45, 2.75) is 44.4 Å². The Balaban J connectivity index is 1.62. The second kappa shape index (κ2) is 11.8. The van der Waals surface area contributed by atoms with Crippen LogP contribution in [0.4, 0.5) is 0 Å². The summed E-state index contributed by atoms with van der Waals surface area (Å²) in [5.74, 6) is 0.577. The van der Waals surface area contributed by atoms with Crippen LogP contribution in [-0.4, -0.2) is 32.5 Å². The monoisotopic (exact) mass is 497 g/mol. The normalized spacial score (nSPS) is 13.2. The van der Waals surface area contributed by atoms with Crippen molar-refractivity contribution < 1.29 is 22.7 Å². The number of carbonyl (C=O) groups is 1. The van der Waals surface area contributed by atoms with Crippen LogP contribution in [0.15, 0.2) is 78.0 Å².